The second-order valence-electron chi connectivity index (χ2n) is 9.32. The smallest absolute Gasteiger partial charge is 0.255 e. The number of hydrogen-bond donors (Lipinski definition) is 3. The fourth-order valence-corrected chi connectivity index (χ4v) is 6.39. The Morgan fingerprint density at radius 1 is 1.23 bits per heavy atom. The van der Waals surface area contributed by atoms with Gasteiger partial charge in [-0.1, -0.05) is 0 Å². The largest absolute Gasteiger partial charge is 0.363 e. The Morgan fingerprint density at radius 3 is 2.74 bits per heavy atom. The molecule has 0 radical (unpaired) electrons. The molecule has 5 heterocycles. The lowest BCUT2D eigenvalue weighted by molar-refractivity contribution is -0.129. The van der Waals surface area contributed by atoms with Gasteiger partial charge in [-0.2, -0.15) is 5.10 Å². The van der Waals surface area contributed by atoms with E-state index in [0.29, 0.717) is 31.6 Å². The summed E-state index contributed by atoms with van der Waals surface area (Å²) in [5.41, 5.74) is 0.948. The third-order valence-corrected chi connectivity index (χ3v) is 8.57. The minimum absolute atomic E-state index is 0.0244. The van der Waals surface area contributed by atoms with Crippen molar-refractivity contribution in [1.29, 1.82) is 0 Å². The van der Waals surface area contributed by atoms with Crippen LogP contribution in [0.25, 0.3) is 0 Å². The molecule has 13 heteroatoms. The van der Waals surface area contributed by atoms with E-state index in [-0.39, 0.29) is 58.8 Å². The third-order valence-electron chi connectivity index (χ3n) is 6.86. The van der Waals surface area contributed by atoms with E-state index in [1.807, 2.05) is 0 Å². The van der Waals surface area contributed by atoms with E-state index in [0.717, 1.165) is 12.8 Å². The molecule has 2 aromatic rings. The number of anilines is 3. The normalized spacial score (nSPS) is 21.9. The van der Waals surface area contributed by atoms with Crippen LogP contribution in [0.2, 0.25) is 0 Å². The number of carbonyl (C=O) groups excluding carboxylic acids is 2. The average molecular weight is 506 g/mol. The monoisotopic (exact) mass is 505 g/mol. The number of rotatable bonds is 5. The lowest BCUT2D eigenvalue weighted by Crippen LogP contribution is -2.44. The summed E-state index contributed by atoms with van der Waals surface area (Å²) in [6.07, 6.45) is 5.87. The minimum Gasteiger partial charge on any atom is -0.363 e. The highest BCUT2D eigenvalue weighted by Gasteiger charge is 2.32. The lowest BCUT2D eigenvalue weighted by Gasteiger charge is -2.33. The molecule has 2 amide bonds. The number of likely N-dealkylation sites (tertiary alicyclic amines) is 1. The molecule has 1 unspecified atom stereocenters. The zero-order chi connectivity index (χ0) is 24.7. The van der Waals surface area contributed by atoms with Crippen molar-refractivity contribution >= 4 is 39.0 Å². The summed E-state index contributed by atoms with van der Waals surface area (Å²) in [7, 11) is -2.98. The average Bonchev–Trinajstić information content (AvgIpc) is 3.44. The van der Waals surface area contributed by atoms with Gasteiger partial charge in [-0.05, 0) is 25.7 Å². The molecule has 5 rings (SSSR count). The molecule has 35 heavy (non-hydrogen) atoms. The second-order valence-corrected chi connectivity index (χ2v) is 11.6. The summed E-state index contributed by atoms with van der Waals surface area (Å²) >= 11 is 0. The third kappa shape index (κ3) is 4.81. The number of aromatic nitrogens is 3. The van der Waals surface area contributed by atoms with Crippen molar-refractivity contribution in [1.82, 2.24) is 25.0 Å². The van der Waals surface area contributed by atoms with Gasteiger partial charge in [0, 0.05) is 44.4 Å². The van der Waals surface area contributed by atoms with E-state index in [1.54, 1.807) is 22.0 Å². The number of sulfone groups is 1. The zero-order valence-electron chi connectivity index (χ0n) is 19.4. The molecular weight excluding hydrogens is 477 g/mol. The summed E-state index contributed by atoms with van der Waals surface area (Å²) < 4.78 is 40.5. The molecule has 0 aromatic carbocycles. The molecule has 0 bridgehead atoms. The zero-order valence-corrected chi connectivity index (χ0v) is 20.2. The number of pyridine rings is 1. The van der Waals surface area contributed by atoms with Crippen LogP contribution in [-0.4, -0.2) is 70.5 Å². The first-order valence-electron chi connectivity index (χ1n) is 11.7. The number of fused-ring (bicyclic) bond motifs is 1. The molecule has 0 saturated carbocycles. The minimum atomic E-state index is -2.98. The Kier molecular flexibility index (Phi) is 6.11. The number of piperidine rings is 1. The van der Waals surface area contributed by atoms with Gasteiger partial charge in [-0.15, -0.1) is 0 Å². The topological polar surface area (TPSA) is 138 Å². The fourth-order valence-electron chi connectivity index (χ4n) is 4.92. The van der Waals surface area contributed by atoms with Gasteiger partial charge in [0.15, 0.2) is 11.6 Å². The predicted octanol–water partition coefficient (Wildman–Crippen LogP) is 1.58. The van der Waals surface area contributed by atoms with Gasteiger partial charge in [0.2, 0.25) is 5.91 Å². The molecule has 0 aliphatic carbocycles. The van der Waals surface area contributed by atoms with Gasteiger partial charge in [0.05, 0.1) is 35.0 Å². The highest BCUT2D eigenvalue weighted by molar-refractivity contribution is 7.91. The van der Waals surface area contributed by atoms with E-state index >= 15 is 4.39 Å². The molecule has 2 saturated heterocycles. The standard InChI is InChI=1S/C22H28FN7O4S/c1-13(31)29-6-2-3-14(11-29)26-21-19(23)17-10-24-22(32)18(17)20(28-21)27-15-9-25-30(12-15)16-4-7-35(33,34)8-5-16/h9,12,14,16H,2-8,10-11H2,1H3,(H,24,32)(H2,26,27,28). The van der Waals surface area contributed by atoms with Gasteiger partial charge in [-0.25, -0.2) is 17.8 Å². The van der Waals surface area contributed by atoms with E-state index in [9.17, 15) is 18.0 Å². The van der Waals surface area contributed by atoms with Crippen molar-refractivity contribution in [3.8, 4) is 0 Å². The first-order valence-corrected chi connectivity index (χ1v) is 13.6. The number of amides is 2. The van der Waals surface area contributed by atoms with E-state index in [2.05, 4.69) is 26.0 Å². The van der Waals surface area contributed by atoms with E-state index in [4.69, 9.17) is 0 Å². The summed E-state index contributed by atoms with van der Waals surface area (Å²) in [4.78, 5) is 30.4. The Labute approximate surface area is 202 Å². The first-order chi connectivity index (χ1) is 16.7. The molecule has 0 spiro atoms. The predicted molar refractivity (Wildman–Crippen MR) is 127 cm³/mol. The summed E-state index contributed by atoms with van der Waals surface area (Å²) in [5, 5.41) is 13.2. The van der Waals surface area contributed by atoms with Crippen LogP contribution in [0.1, 0.15) is 54.6 Å². The highest BCUT2D eigenvalue weighted by Crippen LogP contribution is 2.33. The highest BCUT2D eigenvalue weighted by atomic mass is 32.2. The van der Waals surface area contributed by atoms with Crippen LogP contribution in [0, 0.1) is 5.82 Å². The Hall–Kier alpha value is -3.22. The molecule has 2 aromatic heterocycles. The van der Waals surface area contributed by atoms with Crippen LogP contribution in [0.15, 0.2) is 12.4 Å². The maximum atomic E-state index is 15.3. The fraction of sp³-hybridized carbons (Fsp3) is 0.545. The van der Waals surface area contributed by atoms with Crippen molar-refractivity contribution in [2.24, 2.45) is 0 Å². The van der Waals surface area contributed by atoms with Gasteiger partial charge in [-0.3, -0.25) is 14.3 Å². The van der Waals surface area contributed by atoms with Crippen LogP contribution in [0.4, 0.5) is 21.7 Å². The summed E-state index contributed by atoms with van der Waals surface area (Å²) in [6, 6.07) is -0.187. The van der Waals surface area contributed by atoms with Gasteiger partial charge in [0.1, 0.15) is 15.7 Å². The van der Waals surface area contributed by atoms with Crippen molar-refractivity contribution in [2.75, 3.05) is 35.2 Å². The van der Waals surface area contributed by atoms with Crippen LogP contribution in [-0.2, 0) is 21.2 Å². The lowest BCUT2D eigenvalue weighted by atomic mass is 10.1. The van der Waals surface area contributed by atoms with Gasteiger partial charge in [0.25, 0.3) is 5.91 Å². The van der Waals surface area contributed by atoms with Crippen molar-refractivity contribution in [3.63, 3.8) is 0 Å². The number of carbonyl (C=O) groups is 2. The SMILES string of the molecule is CC(=O)N1CCCC(Nc2nc(Nc3cnn(C4CCS(=O)(=O)CC4)c3)c3c(c2F)CNC3=O)C1. The summed E-state index contributed by atoms with van der Waals surface area (Å²) in [5.74, 6) is -0.514. The maximum Gasteiger partial charge on any atom is 0.255 e. The van der Waals surface area contributed by atoms with Gasteiger partial charge >= 0.3 is 0 Å². The molecule has 3 aliphatic heterocycles. The maximum absolute atomic E-state index is 15.3. The van der Waals surface area contributed by atoms with Crippen LogP contribution < -0.4 is 16.0 Å². The number of hydrogen-bond acceptors (Lipinski definition) is 8. The number of nitrogens with one attached hydrogen (secondary N) is 3. The Balaban J connectivity index is 1.38. The van der Waals surface area contributed by atoms with Crippen molar-refractivity contribution < 1.29 is 22.4 Å². The van der Waals surface area contributed by atoms with E-state index in [1.165, 1.54) is 6.92 Å². The molecule has 11 nitrogen and oxygen atoms in total. The first kappa shape index (κ1) is 23.5. The molecule has 3 aliphatic rings. The molecule has 2 fully saturated rings. The van der Waals surface area contributed by atoms with Crippen molar-refractivity contribution in [2.45, 2.75) is 51.2 Å². The molecule has 3 N–H and O–H groups in total. The molecular formula is C22H28FN7O4S. The van der Waals surface area contributed by atoms with E-state index < -0.39 is 21.6 Å². The van der Waals surface area contributed by atoms with Crippen LogP contribution in [0.5, 0.6) is 0 Å². The Morgan fingerprint density at radius 2 is 2.00 bits per heavy atom. The molecule has 1 atom stereocenters. The molecule has 188 valence electrons. The van der Waals surface area contributed by atoms with Crippen molar-refractivity contribution in [3.05, 3.63) is 29.3 Å². The quantitative estimate of drug-likeness (QED) is 0.557. The van der Waals surface area contributed by atoms with Gasteiger partial charge < -0.3 is 20.9 Å². The number of nitrogens with zero attached hydrogens (tertiary/aromatic N) is 4. The second kappa shape index (κ2) is 9.10. The van der Waals surface area contributed by atoms with Crippen LogP contribution in [0.3, 0.4) is 0 Å². The van der Waals surface area contributed by atoms with Crippen LogP contribution >= 0.6 is 0 Å². The summed E-state index contributed by atoms with van der Waals surface area (Å²) in [6.45, 7) is 2.71. The Bertz CT molecular complexity index is 1260. The number of halogens is 1.